The van der Waals surface area contributed by atoms with Gasteiger partial charge in [-0.25, -0.2) is 13.1 Å². The summed E-state index contributed by atoms with van der Waals surface area (Å²) in [5, 5.41) is 2.92. The second kappa shape index (κ2) is 9.17. The summed E-state index contributed by atoms with van der Waals surface area (Å²) in [6.07, 6.45) is 7.40. The Bertz CT molecular complexity index is 756. The molecule has 0 saturated carbocycles. The van der Waals surface area contributed by atoms with Crippen LogP contribution in [0.25, 0.3) is 0 Å². The van der Waals surface area contributed by atoms with Crippen molar-refractivity contribution in [3.63, 3.8) is 0 Å². The van der Waals surface area contributed by atoms with Gasteiger partial charge in [-0.2, -0.15) is 0 Å². The molecule has 1 unspecified atom stereocenters. The number of carbonyl (C=O) groups excluding carboxylic acids is 1. The van der Waals surface area contributed by atoms with Crippen molar-refractivity contribution >= 4 is 15.9 Å². The molecule has 2 aliphatic rings. The smallest absolute Gasteiger partial charge is 0.240 e. The number of amides is 1. The molecule has 3 rings (SSSR count). The van der Waals surface area contributed by atoms with Crippen LogP contribution in [0.3, 0.4) is 0 Å². The molecular weight excluding hydrogens is 362 g/mol. The van der Waals surface area contributed by atoms with Gasteiger partial charge in [0.2, 0.25) is 15.9 Å². The Hall–Kier alpha value is -1.44. The molecule has 0 bridgehead atoms. The average Bonchev–Trinajstić information content (AvgIpc) is 2.82. The van der Waals surface area contributed by atoms with Crippen LogP contribution in [0.4, 0.5) is 0 Å². The molecule has 6 nitrogen and oxygen atoms in total. The Kier molecular flexibility index (Phi) is 6.89. The molecule has 0 radical (unpaired) electrons. The standard InChI is InChI=1S/C20H31N3O3S/c1-16(24)22-19-13-17-7-8-20(15-18(17)14-19)27(25,26)21-9-6-12-23-10-4-2-3-5-11-23/h7-8,15,19,21H,2-6,9-14H2,1H3,(H,22,24). The Labute approximate surface area is 162 Å². The molecule has 1 aliphatic heterocycles. The van der Waals surface area contributed by atoms with Gasteiger partial charge < -0.3 is 10.2 Å². The number of sulfonamides is 1. The van der Waals surface area contributed by atoms with Gasteiger partial charge in [-0.3, -0.25) is 4.79 Å². The maximum Gasteiger partial charge on any atom is 0.240 e. The lowest BCUT2D eigenvalue weighted by Gasteiger charge is -2.19. The van der Waals surface area contributed by atoms with Gasteiger partial charge in [0.25, 0.3) is 0 Å². The summed E-state index contributed by atoms with van der Waals surface area (Å²) < 4.78 is 27.9. The highest BCUT2D eigenvalue weighted by molar-refractivity contribution is 7.89. The second-order valence-corrected chi connectivity index (χ2v) is 9.51. The van der Waals surface area contributed by atoms with Gasteiger partial charge in [-0.05, 0) is 75.0 Å². The lowest BCUT2D eigenvalue weighted by atomic mass is 10.1. The van der Waals surface area contributed by atoms with Crippen LogP contribution >= 0.6 is 0 Å². The van der Waals surface area contributed by atoms with Crippen molar-refractivity contribution < 1.29 is 13.2 Å². The van der Waals surface area contributed by atoms with Gasteiger partial charge in [0.15, 0.2) is 0 Å². The molecule has 0 aromatic heterocycles. The lowest BCUT2D eigenvalue weighted by Crippen LogP contribution is -2.33. The van der Waals surface area contributed by atoms with Crippen LogP contribution in [0, 0.1) is 0 Å². The van der Waals surface area contributed by atoms with Crippen LogP contribution in [0.1, 0.15) is 50.2 Å². The molecule has 1 atom stereocenters. The molecule has 1 fully saturated rings. The van der Waals surface area contributed by atoms with E-state index in [-0.39, 0.29) is 11.9 Å². The Balaban J connectivity index is 1.51. The quantitative estimate of drug-likeness (QED) is 0.693. The molecule has 1 aliphatic carbocycles. The summed E-state index contributed by atoms with van der Waals surface area (Å²) in [7, 11) is -3.49. The fraction of sp³-hybridized carbons (Fsp3) is 0.650. The van der Waals surface area contributed by atoms with E-state index < -0.39 is 10.0 Å². The van der Waals surface area contributed by atoms with Crippen molar-refractivity contribution in [1.29, 1.82) is 0 Å². The van der Waals surface area contributed by atoms with Crippen molar-refractivity contribution in [2.24, 2.45) is 0 Å². The number of nitrogens with one attached hydrogen (secondary N) is 2. The van der Waals surface area contributed by atoms with Crippen molar-refractivity contribution in [2.75, 3.05) is 26.2 Å². The minimum Gasteiger partial charge on any atom is -0.353 e. The minimum absolute atomic E-state index is 0.0493. The summed E-state index contributed by atoms with van der Waals surface area (Å²) in [6.45, 7) is 5.18. The molecule has 0 spiro atoms. The molecule has 2 N–H and O–H groups in total. The monoisotopic (exact) mass is 393 g/mol. The average molecular weight is 394 g/mol. The Morgan fingerprint density at radius 2 is 1.81 bits per heavy atom. The number of likely N-dealkylation sites (tertiary alicyclic amines) is 1. The first-order valence-electron chi connectivity index (χ1n) is 10.0. The van der Waals surface area contributed by atoms with E-state index in [1.807, 2.05) is 6.07 Å². The van der Waals surface area contributed by atoms with E-state index in [1.54, 1.807) is 12.1 Å². The van der Waals surface area contributed by atoms with Crippen molar-refractivity contribution in [3.05, 3.63) is 29.3 Å². The fourth-order valence-electron chi connectivity index (χ4n) is 4.10. The second-order valence-electron chi connectivity index (χ2n) is 7.74. The molecule has 1 heterocycles. The number of carbonyl (C=O) groups is 1. The molecule has 7 heteroatoms. The van der Waals surface area contributed by atoms with Gasteiger partial charge in [0.05, 0.1) is 4.90 Å². The van der Waals surface area contributed by atoms with Crippen LogP contribution in [0.15, 0.2) is 23.1 Å². The van der Waals surface area contributed by atoms with Crippen LogP contribution in [-0.2, 0) is 27.7 Å². The van der Waals surface area contributed by atoms with Crippen LogP contribution < -0.4 is 10.0 Å². The van der Waals surface area contributed by atoms with E-state index in [0.29, 0.717) is 17.9 Å². The van der Waals surface area contributed by atoms with E-state index in [9.17, 15) is 13.2 Å². The highest BCUT2D eigenvalue weighted by atomic mass is 32.2. The van der Waals surface area contributed by atoms with Gasteiger partial charge in [0.1, 0.15) is 0 Å². The molecule has 1 aromatic carbocycles. The Morgan fingerprint density at radius 1 is 1.11 bits per heavy atom. The molecule has 27 heavy (non-hydrogen) atoms. The van der Waals surface area contributed by atoms with Gasteiger partial charge >= 0.3 is 0 Å². The number of rotatable bonds is 7. The number of hydrogen-bond acceptors (Lipinski definition) is 4. The third-order valence-corrected chi connectivity index (χ3v) is 6.93. The number of fused-ring (bicyclic) bond motifs is 1. The molecular formula is C20H31N3O3S. The molecule has 1 aromatic rings. The molecule has 1 saturated heterocycles. The van der Waals surface area contributed by atoms with Crippen molar-refractivity contribution in [3.8, 4) is 0 Å². The highest BCUT2D eigenvalue weighted by Gasteiger charge is 2.24. The summed E-state index contributed by atoms with van der Waals surface area (Å²) >= 11 is 0. The minimum atomic E-state index is -3.49. The lowest BCUT2D eigenvalue weighted by molar-refractivity contribution is -0.119. The number of benzene rings is 1. The number of hydrogen-bond donors (Lipinski definition) is 2. The zero-order valence-electron chi connectivity index (χ0n) is 16.2. The third-order valence-electron chi connectivity index (χ3n) is 5.47. The third kappa shape index (κ3) is 5.77. The van der Waals surface area contributed by atoms with Crippen molar-refractivity contribution in [1.82, 2.24) is 14.9 Å². The zero-order valence-corrected chi connectivity index (χ0v) is 17.0. The summed E-state index contributed by atoms with van der Waals surface area (Å²) in [4.78, 5) is 14.0. The summed E-state index contributed by atoms with van der Waals surface area (Å²) in [6, 6.07) is 5.38. The van der Waals surface area contributed by atoms with E-state index in [2.05, 4.69) is 14.9 Å². The molecule has 150 valence electrons. The topological polar surface area (TPSA) is 78.5 Å². The largest absolute Gasteiger partial charge is 0.353 e. The SMILES string of the molecule is CC(=O)NC1Cc2ccc(S(=O)(=O)NCCCN3CCCCCC3)cc2C1. The van der Waals surface area contributed by atoms with Gasteiger partial charge in [-0.15, -0.1) is 0 Å². The maximum absolute atomic E-state index is 12.6. The Morgan fingerprint density at radius 3 is 2.52 bits per heavy atom. The fourth-order valence-corrected chi connectivity index (χ4v) is 5.23. The van der Waals surface area contributed by atoms with Crippen LogP contribution in [0.2, 0.25) is 0 Å². The van der Waals surface area contributed by atoms with Crippen LogP contribution in [-0.4, -0.2) is 51.4 Å². The van der Waals surface area contributed by atoms with Crippen LogP contribution in [0.5, 0.6) is 0 Å². The maximum atomic E-state index is 12.6. The predicted octanol–water partition coefficient (Wildman–Crippen LogP) is 1.83. The first-order chi connectivity index (χ1) is 12.9. The van der Waals surface area contributed by atoms with Gasteiger partial charge in [0, 0.05) is 19.5 Å². The highest BCUT2D eigenvalue weighted by Crippen LogP contribution is 2.25. The number of nitrogens with zero attached hydrogens (tertiary/aromatic N) is 1. The summed E-state index contributed by atoms with van der Waals surface area (Å²) in [5.74, 6) is -0.0493. The molecule has 1 amide bonds. The van der Waals surface area contributed by atoms with E-state index in [4.69, 9.17) is 0 Å². The summed E-state index contributed by atoms with van der Waals surface area (Å²) in [5.41, 5.74) is 2.13. The normalized spacial score (nSPS) is 20.9. The van der Waals surface area contributed by atoms with Gasteiger partial charge in [-0.1, -0.05) is 18.9 Å². The zero-order chi connectivity index (χ0) is 19.3. The predicted molar refractivity (Wildman–Crippen MR) is 106 cm³/mol. The van der Waals surface area contributed by atoms with E-state index >= 15 is 0 Å². The van der Waals surface area contributed by atoms with E-state index in [0.717, 1.165) is 43.6 Å². The first kappa shape index (κ1) is 20.3. The first-order valence-corrected chi connectivity index (χ1v) is 11.5. The van der Waals surface area contributed by atoms with E-state index in [1.165, 1.54) is 32.6 Å². The van der Waals surface area contributed by atoms with Crippen molar-refractivity contribution in [2.45, 2.75) is 62.8 Å².